The number of carbonyl (C=O) groups is 1. The summed E-state index contributed by atoms with van der Waals surface area (Å²) in [5, 5.41) is 43.0. The molecule has 2 aliphatic heterocycles. The second kappa shape index (κ2) is 12.0. The Kier molecular flexibility index (Phi) is 8.98. The molecule has 0 aromatic carbocycles. The number of aliphatic hydroxyl groups excluding tert-OH is 3. The summed E-state index contributed by atoms with van der Waals surface area (Å²) in [6.45, 7) is 3.07. The van der Waals surface area contributed by atoms with Gasteiger partial charge in [0.15, 0.2) is 0 Å². The Morgan fingerprint density at radius 2 is 2.08 bits per heavy atom. The third-order valence-corrected chi connectivity index (χ3v) is 7.91. The molecule has 8 atom stereocenters. The Bertz CT molecular complexity index is 1060. The van der Waals surface area contributed by atoms with Crippen molar-refractivity contribution in [3.8, 4) is 11.4 Å². The quantitative estimate of drug-likeness (QED) is 0.266. The van der Waals surface area contributed by atoms with Crippen molar-refractivity contribution in [2.45, 2.75) is 74.7 Å². The molecule has 2 aliphatic rings. The van der Waals surface area contributed by atoms with Crippen LogP contribution in [0.25, 0.3) is 11.4 Å². The van der Waals surface area contributed by atoms with Crippen LogP contribution in [0.3, 0.4) is 0 Å². The fourth-order valence-electron chi connectivity index (χ4n) is 5.16. The molecule has 204 valence electrons. The van der Waals surface area contributed by atoms with Gasteiger partial charge in [0.2, 0.25) is 11.9 Å². The number of amides is 1. The number of nitrogens with two attached hydrogens (primary N) is 1. The van der Waals surface area contributed by atoms with E-state index in [1.807, 2.05) is 11.9 Å². The van der Waals surface area contributed by atoms with E-state index in [0.717, 1.165) is 25.8 Å². The molecule has 2 aromatic heterocycles. The van der Waals surface area contributed by atoms with Gasteiger partial charge in [-0.3, -0.25) is 9.69 Å². The van der Waals surface area contributed by atoms with Crippen LogP contribution >= 0.6 is 11.8 Å². The van der Waals surface area contributed by atoms with Crippen LogP contribution < -0.4 is 11.1 Å². The standard InChI is InChI=1S/C23H36N8O5S/c1-4-5-12-8-16(30(2)9-12)21(35)26-15(20-18(33)17(32)19(34)22(36-20)37-3)11-31-10-14(28-29-31)13-6-7-25-23(24)27-13/h6-7,10,12,15-20,22,32-34H,4-5,8-9,11H2,1-3H3,(H,26,35)(H2,24,25,27)/t12-,15-,16+,17-,18?,19-,20-,22?/m1/s1. The van der Waals surface area contributed by atoms with Crippen LogP contribution in [0.5, 0.6) is 0 Å². The summed E-state index contributed by atoms with van der Waals surface area (Å²) in [5.41, 5.74) is 5.85. The minimum atomic E-state index is -1.44. The number of ether oxygens (including phenoxy) is 1. The molecular formula is C23H36N8O5S. The van der Waals surface area contributed by atoms with E-state index in [4.69, 9.17) is 10.5 Å². The first kappa shape index (κ1) is 27.7. The minimum absolute atomic E-state index is 0.0970. The summed E-state index contributed by atoms with van der Waals surface area (Å²) in [4.78, 5) is 23.5. The third kappa shape index (κ3) is 6.21. The molecule has 4 heterocycles. The van der Waals surface area contributed by atoms with Crippen LogP contribution in [0.1, 0.15) is 26.2 Å². The van der Waals surface area contributed by atoms with Gasteiger partial charge >= 0.3 is 0 Å². The monoisotopic (exact) mass is 536 g/mol. The number of anilines is 1. The highest BCUT2D eigenvalue weighted by Gasteiger charge is 2.47. The highest BCUT2D eigenvalue weighted by molar-refractivity contribution is 7.99. The van der Waals surface area contributed by atoms with Crippen molar-refractivity contribution in [1.29, 1.82) is 0 Å². The zero-order valence-corrected chi connectivity index (χ0v) is 22.0. The lowest BCUT2D eigenvalue weighted by atomic mass is 9.94. The molecule has 2 aromatic rings. The number of thioether (sulfide) groups is 1. The van der Waals surface area contributed by atoms with E-state index in [1.165, 1.54) is 22.6 Å². The SMILES string of the molecule is CCC[C@@H]1C[C@@H](C(=O)N[C@H](Cn2cc(-c3ccnc(N)n3)nn2)[C@H]2OC(SC)[C@H](O)[C@H](O)C2O)N(C)C1. The van der Waals surface area contributed by atoms with Gasteiger partial charge in [0.25, 0.3) is 0 Å². The summed E-state index contributed by atoms with van der Waals surface area (Å²) in [7, 11) is 1.93. The molecule has 4 rings (SSSR count). The lowest BCUT2D eigenvalue weighted by Gasteiger charge is -2.43. The molecule has 2 fully saturated rings. The second-order valence-electron chi connectivity index (χ2n) is 9.76. The average molecular weight is 537 g/mol. The van der Waals surface area contributed by atoms with E-state index >= 15 is 0 Å². The number of hydrogen-bond acceptors (Lipinski definition) is 12. The van der Waals surface area contributed by atoms with E-state index in [1.54, 1.807) is 18.5 Å². The van der Waals surface area contributed by atoms with Crippen molar-refractivity contribution in [3.63, 3.8) is 0 Å². The largest absolute Gasteiger partial charge is 0.388 e. The molecule has 2 saturated heterocycles. The Labute approximate surface area is 219 Å². The normalized spacial score (nSPS) is 31.4. The van der Waals surface area contributed by atoms with Gasteiger partial charge in [-0.15, -0.1) is 16.9 Å². The zero-order chi connectivity index (χ0) is 26.7. The first-order valence-electron chi connectivity index (χ1n) is 12.4. The second-order valence-corrected chi connectivity index (χ2v) is 10.7. The molecular weight excluding hydrogens is 500 g/mol. The number of nitrogens with zero attached hydrogens (tertiary/aromatic N) is 6. The fourth-order valence-corrected chi connectivity index (χ4v) is 5.84. The van der Waals surface area contributed by atoms with Gasteiger partial charge < -0.3 is 31.1 Å². The first-order valence-corrected chi connectivity index (χ1v) is 13.7. The topological polar surface area (TPSA) is 185 Å². The van der Waals surface area contributed by atoms with Gasteiger partial charge in [-0.05, 0) is 38.1 Å². The number of rotatable bonds is 9. The number of nitrogen functional groups attached to an aromatic ring is 1. The van der Waals surface area contributed by atoms with Gasteiger partial charge in [0.1, 0.15) is 35.5 Å². The van der Waals surface area contributed by atoms with Crippen LogP contribution in [0.15, 0.2) is 18.5 Å². The van der Waals surface area contributed by atoms with E-state index in [2.05, 4.69) is 32.5 Å². The van der Waals surface area contributed by atoms with Crippen molar-refractivity contribution < 1.29 is 24.9 Å². The highest BCUT2D eigenvalue weighted by atomic mass is 32.2. The Hall–Kier alpha value is -2.36. The van der Waals surface area contributed by atoms with E-state index in [0.29, 0.717) is 17.3 Å². The lowest BCUT2D eigenvalue weighted by molar-refractivity contribution is -0.206. The van der Waals surface area contributed by atoms with Gasteiger partial charge in [-0.1, -0.05) is 18.6 Å². The lowest BCUT2D eigenvalue weighted by Crippen LogP contribution is -2.64. The van der Waals surface area contributed by atoms with Crippen LogP contribution in [-0.4, -0.2) is 113 Å². The zero-order valence-electron chi connectivity index (χ0n) is 21.2. The molecule has 37 heavy (non-hydrogen) atoms. The number of aromatic nitrogens is 5. The fraction of sp³-hybridized carbons (Fsp3) is 0.696. The van der Waals surface area contributed by atoms with Gasteiger partial charge in [-0.25, -0.2) is 14.6 Å². The molecule has 0 aliphatic carbocycles. The molecule has 0 radical (unpaired) electrons. The number of likely N-dealkylation sites (tertiary alicyclic amines) is 1. The molecule has 0 saturated carbocycles. The highest BCUT2D eigenvalue weighted by Crippen LogP contribution is 2.30. The maximum absolute atomic E-state index is 13.4. The Morgan fingerprint density at radius 1 is 1.30 bits per heavy atom. The van der Waals surface area contributed by atoms with Crippen molar-refractivity contribution in [1.82, 2.24) is 35.2 Å². The molecule has 0 bridgehead atoms. The molecule has 14 heteroatoms. The first-order chi connectivity index (χ1) is 17.7. The molecule has 1 amide bonds. The Balaban J connectivity index is 1.57. The maximum Gasteiger partial charge on any atom is 0.237 e. The summed E-state index contributed by atoms with van der Waals surface area (Å²) in [6.07, 6.45) is 2.62. The van der Waals surface area contributed by atoms with Crippen LogP contribution in [0.2, 0.25) is 0 Å². The third-order valence-electron chi connectivity index (χ3n) is 7.06. The average Bonchev–Trinajstić information content (AvgIpc) is 3.49. The van der Waals surface area contributed by atoms with Crippen molar-refractivity contribution in [3.05, 3.63) is 18.5 Å². The van der Waals surface area contributed by atoms with Crippen molar-refractivity contribution in [2.75, 3.05) is 25.6 Å². The van der Waals surface area contributed by atoms with Crippen LogP contribution in [0.4, 0.5) is 5.95 Å². The molecule has 13 nitrogen and oxygen atoms in total. The number of aliphatic hydroxyl groups is 3. The predicted molar refractivity (Wildman–Crippen MR) is 137 cm³/mol. The van der Waals surface area contributed by atoms with E-state index < -0.39 is 35.9 Å². The van der Waals surface area contributed by atoms with Gasteiger partial charge in [0, 0.05) is 12.7 Å². The van der Waals surface area contributed by atoms with Crippen molar-refractivity contribution >= 4 is 23.6 Å². The molecule has 6 N–H and O–H groups in total. The maximum atomic E-state index is 13.4. The molecule has 0 spiro atoms. The summed E-state index contributed by atoms with van der Waals surface area (Å²) >= 11 is 1.22. The van der Waals surface area contributed by atoms with E-state index in [9.17, 15) is 20.1 Å². The van der Waals surface area contributed by atoms with Crippen LogP contribution in [0, 0.1) is 5.92 Å². The molecule has 2 unspecified atom stereocenters. The minimum Gasteiger partial charge on any atom is -0.388 e. The van der Waals surface area contributed by atoms with E-state index in [-0.39, 0.29) is 24.4 Å². The summed E-state index contributed by atoms with van der Waals surface area (Å²) in [5.74, 6) is 0.359. The smallest absolute Gasteiger partial charge is 0.237 e. The summed E-state index contributed by atoms with van der Waals surface area (Å²) in [6, 6.07) is 0.562. The van der Waals surface area contributed by atoms with Crippen LogP contribution in [-0.2, 0) is 16.1 Å². The van der Waals surface area contributed by atoms with Gasteiger partial charge in [-0.2, -0.15) is 0 Å². The van der Waals surface area contributed by atoms with Gasteiger partial charge in [0.05, 0.1) is 30.5 Å². The number of likely N-dealkylation sites (N-methyl/N-ethyl adjacent to an activating group) is 1. The number of carbonyl (C=O) groups excluding carboxylic acids is 1. The number of hydrogen-bond donors (Lipinski definition) is 5. The predicted octanol–water partition coefficient (Wildman–Crippen LogP) is -0.907. The summed E-state index contributed by atoms with van der Waals surface area (Å²) < 4.78 is 7.51. The number of nitrogens with one attached hydrogen (secondary N) is 1. The Morgan fingerprint density at radius 3 is 2.78 bits per heavy atom. The van der Waals surface area contributed by atoms with Crippen molar-refractivity contribution in [2.24, 2.45) is 5.92 Å².